The van der Waals surface area contributed by atoms with Crippen LogP contribution in [0.5, 0.6) is 11.5 Å². The summed E-state index contributed by atoms with van der Waals surface area (Å²) >= 11 is 0. The molecule has 4 aromatic carbocycles. The van der Waals surface area contributed by atoms with E-state index in [2.05, 4.69) is 4.74 Å². The Kier molecular flexibility index (Phi) is 6.97. The molecule has 0 spiro atoms. The van der Waals surface area contributed by atoms with Gasteiger partial charge in [-0.25, -0.2) is 4.79 Å². The molecular formula is C31H24F3NO5. The van der Waals surface area contributed by atoms with Crippen LogP contribution < -0.4 is 9.47 Å². The van der Waals surface area contributed by atoms with Crippen molar-refractivity contribution in [1.82, 2.24) is 4.57 Å². The lowest BCUT2D eigenvalue weighted by Crippen LogP contribution is -2.22. The number of benzene rings is 4. The van der Waals surface area contributed by atoms with E-state index in [4.69, 9.17) is 9.84 Å². The first-order valence-electron chi connectivity index (χ1n) is 12.4. The average Bonchev–Trinajstić information content (AvgIpc) is 3.17. The van der Waals surface area contributed by atoms with Crippen LogP contribution in [-0.4, -0.2) is 34.0 Å². The lowest BCUT2D eigenvalue weighted by atomic mass is 10.0. The molecule has 0 saturated heterocycles. The van der Waals surface area contributed by atoms with E-state index in [1.165, 1.54) is 29.7 Å². The van der Waals surface area contributed by atoms with Gasteiger partial charge in [-0.1, -0.05) is 42.5 Å². The first-order valence-corrected chi connectivity index (χ1v) is 12.4. The number of fused-ring (bicyclic) bond motifs is 2. The monoisotopic (exact) mass is 547 g/mol. The molecule has 1 atom stereocenters. The highest BCUT2D eigenvalue weighted by molar-refractivity contribution is 6.06. The van der Waals surface area contributed by atoms with Crippen LogP contribution in [0.25, 0.3) is 21.7 Å². The number of carbonyl (C=O) groups is 2. The molecule has 0 amide bonds. The number of ether oxygens (including phenoxy) is 2. The minimum absolute atomic E-state index is 0.245. The highest BCUT2D eigenvalue weighted by Crippen LogP contribution is 2.34. The van der Waals surface area contributed by atoms with Crippen molar-refractivity contribution in [2.75, 3.05) is 0 Å². The van der Waals surface area contributed by atoms with E-state index in [-0.39, 0.29) is 12.3 Å². The van der Waals surface area contributed by atoms with Gasteiger partial charge in [0.2, 0.25) is 0 Å². The lowest BCUT2D eigenvalue weighted by molar-refractivity contribution is -0.274. The summed E-state index contributed by atoms with van der Waals surface area (Å²) in [5, 5.41) is 11.5. The number of rotatable bonds is 7. The Labute approximate surface area is 227 Å². The second-order valence-electron chi connectivity index (χ2n) is 9.42. The Morgan fingerprint density at radius 1 is 0.900 bits per heavy atom. The minimum Gasteiger partial charge on any atom is -0.479 e. The van der Waals surface area contributed by atoms with Crippen LogP contribution in [0.15, 0.2) is 84.9 Å². The molecule has 5 aromatic rings. The molecule has 0 aliphatic carbocycles. The number of alkyl halides is 3. The van der Waals surface area contributed by atoms with Crippen LogP contribution in [0.1, 0.15) is 34.1 Å². The zero-order chi connectivity index (χ0) is 28.6. The highest BCUT2D eigenvalue weighted by atomic mass is 19.4. The van der Waals surface area contributed by atoms with Gasteiger partial charge in [0.25, 0.3) is 5.91 Å². The number of carboxylic acid groups (broad SMARTS) is 1. The summed E-state index contributed by atoms with van der Waals surface area (Å²) in [5.41, 5.74) is 2.77. The molecule has 0 aliphatic rings. The maximum atomic E-state index is 13.8. The smallest absolute Gasteiger partial charge is 0.479 e. The maximum absolute atomic E-state index is 13.8. The van der Waals surface area contributed by atoms with Crippen LogP contribution >= 0.6 is 0 Å². The van der Waals surface area contributed by atoms with Crippen molar-refractivity contribution in [3.8, 4) is 11.5 Å². The highest BCUT2D eigenvalue weighted by Gasteiger charge is 2.31. The number of carboxylic acids is 1. The van der Waals surface area contributed by atoms with Gasteiger partial charge >= 0.3 is 12.3 Å². The number of halogens is 3. The topological polar surface area (TPSA) is 77.8 Å². The molecule has 1 N–H and O–H groups in total. The van der Waals surface area contributed by atoms with Crippen molar-refractivity contribution < 1.29 is 37.3 Å². The van der Waals surface area contributed by atoms with Gasteiger partial charge in [-0.3, -0.25) is 9.36 Å². The third-order valence-electron chi connectivity index (χ3n) is 6.68. The average molecular weight is 548 g/mol. The van der Waals surface area contributed by atoms with Crippen molar-refractivity contribution in [3.63, 3.8) is 0 Å². The van der Waals surface area contributed by atoms with Gasteiger partial charge in [0, 0.05) is 16.6 Å². The fourth-order valence-corrected chi connectivity index (χ4v) is 4.78. The van der Waals surface area contributed by atoms with Crippen LogP contribution in [0.3, 0.4) is 0 Å². The van der Waals surface area contributed by atoms with Crippen LogP contribution in [-0.2, 0) is 11.2 Å². The van der Waals surface area contributed by atoms with Gasteiger partial charge < -0.3 is 14.6 Å². The molecule has 9 heteroatoms. The number of aromatic nitrogens is 1. The van der Waals surface area contributed by atoms with Crippen LogP contribution in [0.2, 0.25) is 0 Å². The van der Waals surface area contributed by atoms with Crippen molar-refractivity contribution in [3.05, 3.63) is 107 Å². The third kappa shape index (κ3) is 5.49. The fourth-order valence-electron chi connectivity index (χ4n) is 4.78. The molecule has 0 fully saturated rings. The quantitative estimate of drug-likeness (QED) is 0.235. The predicted octanol–water partition coefficient (Wildman–Crippen LogP) is 7.13. The second-order valence-corrected chi connectivity index (χ2v) is 9.42. The van der Waals surface area contributed by atoms with Crippen molar-refractivity contribution in [2.45, 2.75) is 32.7 Å². The first-order chi connectivity index (χ1) is 19.0. The van der Waals surface area contributed by atoms with Gasteiger partial charge in [0.1, 0.15) is 11.5 Å². The molecule has 40 heavy (non-hydrogen) atoms. The Morgan fingerprint density at radius 2 is 1.65 bits per heavy atom. The van der Waals surface area contributed by atoms with E-state index >= 15 is 0 Å². The molecule has 0 unspecified atom stereocenters. The van der Waals surface area contributed by atoms with E-state index in [9.17, 15) is 22.8 Å². The summed E-state index contributed by atoms with van der Waals surface area (Å²) in [4.78, 5) is 25.0. The van der Waals surface area contributed by atoms with Gasteiger partial charge in [-0.2, -0.15) is 0 Å². The molecular weight excluding hydrogens is 523 g/mol. The zero-order valence-electron chi connectivity index (χ0n) is 21.5. The number of carbonyl (C=O) groups excluding carboxylic acids is 1. The number of hydrogen-bond acceptors (Lipinski definition) is 4. The summed E-state index contributed by atoms with van der Waals surface area (Å²) < 4.78 is 50.2. The second kappa shape index (κ2) is 10.4. The molecule has 0 saturated carbocycles. The summed E-state index contributed by atoms with van der Waals surface area (Å²) in [6.07, 6.45) is -5.70. The van der Waals surface area contributed by atoms with E-state index < -0.39 is 24.2 Å². The van der Waals surface area contributed by atoms with Crippen LogP contribution in [0, 0.1) is 6.92 Å². The Balaban J connectivity index is 1.61. The Bertz CT molecular complexity index is 1760. The standard InChI is InChI=1S/C31H24F3NO5/c1-18-26(15-20-6-5-9-24(14-20)39-19(2)30(37)38)27-17-25(40-31(32,33)34)12-13-28(27)35(18)29(36)23-11-10-21-7-3-4-8-22(21)16-23/h3-14,16-17,19H,15H2,1-2H3,(H,37,38)/t19-/m1/s1. The lowest BCUT2D eigenvalue weighted by Gasteiger charge is -2.12. The Morgan fingerprint density at radius 3 is 2.38 bits per heavy atom. The summed E-state index contributed by atoms with van der Waals surface area (Å²) in [5.74, 6) is -1.50. The van der Waals surface area contributed by atoms with Gasteiger partial charge in [0.05, 0.1) is 5.52 Å². The maximum Gasteiger partial charge on any atom is 0.573 e. The molecule has 0 aliphatic heterocycles. The van der Waals surface area contributed by atoms with Crippen molar-refractivity contribution in [1.29, 1.82) is 0 Å². The summed E-state index contributed by atoms with van der Waals surface area (Å²) in [6.45, 7) is 3.15. The zero-order valence-corrected chi connectivity index (χ0v) is 21.5. The molecule has 0 bridgehead atoms. The minimum atomic E-state index is -4.88. The molecule has 5 rings (SSSR count). The fraction of sp³-hybridized carbons (Fsp3) is 0.161. The molecule has 1 aromatic heterocycles. The van der Waals surface area contributed by atoms with Crippen molar-refractivity contribution in [2.24, 2.45) is 0 Å². The number of aliphatic carboxylic acids is 1. The molecule has 204 valence electrons. The number of nitrogens with zero attached hydrogens (tertiary/aromatic N) is 1. The Hall–Kier alpha value is -4.79. The first kappa shape index (κ1) is 26.8. The predicted molar refractivity (Wildman–Crippen MR) is 144 cm³/mol. The molecule has 0 radical (unpaired) electrons. The SMILES string of the molecule is Cc1c(Cc2cccc(O[C@H](C)C(=O)O)c2)c2cc(OC(F)(F)F)ccc2n1C(=O)c1ccc2ccccc2c1. The normalized spacial score (nSPS) is 12.4. The number of hydrogen-bond donors (Lipinski definition) is 1. The van der Waals surface area contributed by atoms with E-state index in [1.807, 2.05) is 30.3 Å². The van der Waals surface area contributed by atoms with Gasteiger partial charge in [-0.15, -0.1) is 13.2 Å². The largest absolute Gasteiger partial charge is 0.573 e. The van der Waals surface area contributed by atoms with E-state index in [1.54, 1.807) is 43.3 Å². The molecule has 1 heterocycles. The van der Waals surface area contributed by atoms with Crippen LogP contribution in [0.4, 0.5) is 13.2 Å². The summed E-state index contributed by atoms with van der Waals surface area (Å²) in [6, 6.07) is 23.7. The van der Waals surface area contributed by atoms with Gasteiger partial charge in [0.15, 0.2) is 6.10 Å². The summed E-state index contributed by atoms with van der Waals surface area (Å²) in [7, 11) is 0. The van der Waals surface area contributed by atoms with Crippen molar-refractivity contribution >= 4 is 33.6 Å². The van der Waals surface area contributed by atoms with E-state index in [0.717, 1.165) is 16.3 Å². The van der Waals surface area contributed by atoms with E-state index in [0.29, 0.717) is 33.5 Å². The third-order valence-corrected chi connectivity index (χ3v) is 6.68. The van der Waals surface area contributed by atoms with Gasteiger partial charge in [-0.05, 0) is 84.6 Å². The molecule has 6 nitrogen and oxygen atoms in total.